The molecule has 1 atom stereocenters. The molecule has 0 N–H and O–H groups in total. The van der Waals surface area contributed by atoms with Crippen molar-refractivity contribution in [1.29, 1.82) is 0 Å². The second kappa shape index (κ2) is 6.59. The highest BCUT2D eigenvalue weighted by atomic mass is 32.2. The van der Waals surface area contributed by atoms with E-state index in [1.807, 2.05) is 16.7 Å². The lowest BCUT2D eigenvalue weighted by atomic mass is 10.1. The first-order chi connectivity index (χ1) is 10.9. The summed E-state index contributed by atoms with van der Waals surface area (Å²) in [6, 6.07) is 2.03. The Morgan fingerprint density at radius 3 is 2.70 bits per heavy atom. The van der Waals surface area contributed by atoms with Gasteiger partial charge in [-0.1, -0.05) is 0 Å². The average molecular weight is 345 g/mol. The molecule has 4 nitrogen and oxygen atoms in total. The topological polar surface area (TPSA) is 36.4 Å². The van der Waals surface area contributed by atoms with Gasteiger partial charge in [0.15, 0.2) is 0 Å². The zero-order valence-electron chi connectivity index (χ0n) is 12.6. The quantitative estimate of drug-likeness (QED) is 0.825. The van der Waals surface area contributed by atoms with Gasteiger partial charge in [0.1, 0.15) is 5.82 Å². The molecule has 0 aromatic carbocycles. The van der Waals surface area contributed by atoms with Crippen molar-refractivity contribution in [3.8, 4) is 0 Å². The molecule has 0 spiro atoms. The molecule has 0 aliphatic carbocycles. The van der Waals surface area contributed by atoms with Gasteiger partial charge in [-0.25, -0.2) is 4.98 Å². The maximum absolute atomic E-state index is 12.8. The maximum atomic E-state index is 12.8. The van der Waals surface area contributed by atoms with E-state index in [4.69, 9.17) is 0 Å². The number of carbonyl (C=O) groups excluding carboxylic acids is 1. The van der Waals surface area contributed by atoms with Gasteiger partial charge in [-0.15, -0.1) is 0 Å². The van der Waals surface area contributed by atoms with Gasteiger partial charge in [0, 0.05) is 43.9 Å². The highest BCUT2D eigenvalue weighted by molar-refractivity contribution is 7.99. The van der Waals surface area contributed by atoms with Crippen molar-refractivity contribution in [2.45, 2.75) is 12.6 Å². The normalized spacial score (nSPS) is 22.5. The molecule has 2 saturated heterocycles. The summed E-state index contributed by atoms with van der Waals surface area (Å²) in [5.41, 5.74) is -0.703. The number of amides is 1. The number of thioether (sulfide) groups is 1. The van der Waals surface area contributed by atoms with Gasteiger partial charge < -0.3 is 9.80 Å². The molecule has 2 aliphatic heterocycles. The Morgan fingerprint density at radius 2 is 2.00 bits per heavy atom. The van der Waals surface area contributed by atoms with E-state index in [2.05, 4.69) is 4.98 Å². The van der Waals surface area contributed by atoms with Crippen LogP contribution >= 0.6 is 11.8 Å². The lowest BCUT2D eigenvalue weighted by Gasteiger charge is -2.29. The summed E-state index contributed by atoms with van der Waals surface area (Å²) in [5, 5.41) is 0. The molecule has 1 aromatic heterocycles. The van der Waals surface area contributed by atoms with Crippen LogP contribution in [0.5, 0.6) is 0 Å². The van der Waals surface area contributed by atoms with E-state index in [-0.39, 0.29) is 11.8 Å². The van der Waals surface area contributed by atoms with Gasteiger partial charge in [-0.05, 0) is 18.6 Å². The number of hydrogen-bond donors (Lipinski definition) is 0. The number of carbonyl (C=O) groups is 1. The molecule has 8 heteroatoms. The Labute approximate surface area is 137 Å². The molecule has 1 aromatic rings. The number of nitrogens with zero attached hydrogens (tertiary/aromatic N) is 3. The predicted molar refractivity (Wildman–Crippen MR) is 83.5 cm³/mol. The Balaban J connectivity index is 1.66. The van der Waals surface area contributed by atoms with Crippen LogP contribution in [0.15, 0.2) is 18.3 Å². The summed E-state index contributed by atoms with van der Waals surface area (Å²) in [4.78, 5) is 20.2. The van der Waals surface area contributed by atoms with Crippen molar-refractivity contribution in [3.05, 3.63) is 23.9 Å². The largest absolute Gasteiger partial charge is 0.416 e. The van der Waals surface area contributed by atoms with E-state index in [1.54, 1.807) is 4.90 Å². The first-order valence-corrected chi connectivity index (χ1v) is 8.75. The van der Waals surface area contributed by atoms with Crippen molar-refractivity contribution < 1.29 is 18.0 Å². The van der Waals surface area contributed by atoms with Crippen LogP contribution in [0.3, 0.4) is 0 Å². The monoisotopic (exact) mass is 345 g/mol. The number of rotatable bonds is 2. The molecular formula is C15H18F3N3OS. The van der Waals surface area contributed by atoms with Crippen molar-refractivity contribution in [1.82, 2.24) is 9.88 Å². The van der Waals surface area contributed by atoms with Crippen LogP contribution in [0, 0.1) is 5.92 Å². The zero-order chi connectivity index (χ0) is 16.4. The van der Waals surface area contributed by atoms with Crippen LogP contribution in [-0.4, -0.2) is 53.5 Å². The zero-order valence-corrected chi connectivity index (χ0v) is 13.4. The molecule has 1 amide bonds. The van der Waals surface area contributed by atoms with Gasteiger partial charge in [0.05, 0.1) is 11.5 Å². The number of alkyl halides is 3. The van der Waals surface area contributed by atoms with E-state index < -0.39 is 11.7 Å². The number of pyridine rings is 1. The molecule has 126 valence electrons. The maximum Gasteiger partial charge on any atom is 0.416 e. The highest BCUT2D eigenvalue weighted by Crippen LogP contribution is 2.32. The smallest absolute Gasteiger partial charge is 0.356 e. The van der Waals surface area contributed by atoms with E-state index in [0.717, 1.165) is 36.7 Å². The van der Waals surface area contributed by atoms with E-state index in [0.29, 0.717) is 25.3 Å². The number of halogens is 3. The number of anilines is 1. The third-order valence-electron chi connectivity index (χ3n) is 4.26. The number of hydrogen-bond acceptors (Lipinski definition) is 4. The molecule has 0 saturated carbocycles. The molecule has 23 heavy (non-hydrogen) atoms. The van der Waals surface area contributed by atoms with Crippen molar-refractivity contribution in [2.75, 3.05) is 42.6 Å². The standard InChI is InChI=1S/C15H18F3N3OS/c16-15(17,18)12-1-3-19-13(9-12)21-4-2-11(10-21)14(22)20-5-7-23-8-6-20/h1,3,9,11H,2,4-8,10H2. The molecule has 3 heterocycles. The van der Waals surface area contributed by atoms with Crippen LogP contribution in [0.4, 0.5) is 19.0 Å². The SMILES string of the molecule is O=C(C1CCN(c2cc(C(F)(F)F)ccn2)C1)N1CCSCC1. The van der Waals surface area contributed by atoms with Gasteiger partial charge in [-0.2, -0.15) is 24.9 Å². The molecule has 2 fully saturated rings. The Bertz CT molecular complexity index is 575. The molecule has 0 radical (unpaired) electrons. The average Bonchev–Trinajstić information content (AvgIpc) is 3.04. The second-order valence-electron chi connectivity index (χ2n) is 5.77. The number of aromatic nitrogens is 1. The predicted octanol–water partition coefficient (Wildman–Crippen LogP) is 2.50. The highest BCUT2D eigenvalue weighted by Gasteiger charge is 2.34. The van der Waals surface area contributed by atoms with Crippen LogP contribution in [0.1, 0.15) is 12.0 Å². The lowest BCUT2D eigenvalue weighted by molar-refractivity contribution is -0.137. The summed E-state index contributed by atoms with van der Waals surface area (Å²) in [6.45, 7) is 2.54. The molecule has 0 bridgehead atoms. The van der Waals surface area contributed by atoms with Crippen LogP contribution in [0.25, 0.3) is 0 Å². The third kappa shape index (κ3) is 3.73. The minimum atomic E-state index is -4.38. The Kier molecular flexibility index (Phi) is 4.70. The molecule has 2 aliphatic rings. The summed E-state index contributed by atoms with van der Waals surface area (Å²) in [5.74, 6) is 2.19. The first-order valence-electron chi connectivity index (χ1n) is 7.60. The van der Waals surface area contributed by atoms with Gasteiger partial charge in [0.2, 0.25) is 5.91 Å². The van der Waals surface area contributed by atoms with Crippen molar-refractivity contribution in [2.24, 2.45) is 5.92 Å². The van der Waals surface area contributed by atoms with Gasteiger partial charge in [0.25, 0.3) is 0 Å². The van der Waals surface area contributed by atoms with Crippen LogP contribution in [-0.2, 0) is 11.0 Å². The van der Waals surface area contributed by atoms with Crippen LogP contribution in [0.2, 0.25) is 0 Å². The molecule has 3 rings (SSSR count). The summed E-state index contributed by atoms with van der Waals surface area (Å²) in [7, 11) is 0. The fraction of sp³-hybridized carbons (Fsp3) is 0.600. The van der Waals surface area contributed by atoms with Gasteiger partial charge in [-0.3, -0.25) is 4.79 Å². The minimum absolute atomic E-state index is 0.125. The molecule has 1 unspecified atom stereocenters. The van der Waals surface area contributed by atoms with E-state index in [1.165, 1.54) is 6.20 Å². The molecular weight excluding hydrogens is 327 g/mol. The first kappa shape index (κ1) is 16.4. The minimum Gasteiger partial charge on any atom is -0.356 e. The Morgan fingerprint density at radius 1 is 1.26 bits per heavy atom. The Hall–Kier alpha value is -1.44. The summed E-state index contributed by atoms with van der Waals surface area (Å²) in [6.07, 6.45) is -2.53. The summed E-state index contributed by atoms with van der Waals surface area (Å²) < 4.78 is 38.4. The van der Waals surface area contributed by atoms with Crippen molar-refractivity contribution in [3.63, 3.8) is 0 Å². The fourth-order valence-corrected chi connectivity index (χ4v) is 3.88. The summed E-state index contributed by atoms with van der Waals surface area (Å²) >= 11 is 1.84. The van der Waals surface area contributed by atoms with E-state index >= 15 is 0 Å². The second-order valence-corrected chi connectivity index (χ2v) is 6.99. The van der Waals surface area contributed by atoms with Crippen LogP contribution < -0.4 is 4.90 Å². The fourth-order valence-electron chi connectivity index (χ4n) is 2.98. The van der Waals surface area contributed by atoms with Crippen molar-refractivity contribution >= 4 is 23.5 Å². The van der Waals surface area contributed by atoms with Gasteiger partial charge >= 0.3 is 6.18 Å². The lowest BCUT2D eigenvalue weighted by Crippen LogP contribution is -2.42. The van der Waals surface area contributed by atoms with E-state index in [9.17, 15) is 18.0 Å². The third-order valence-corrected chi connectivity index (χ3v) is 5.20.